The lowest BCUT2D eigenvalue weighted by molar-refractivity contribution is -0.339. The molecule has 420 valence electrons. The van der Waals surface area contributed by atoms with Crippen LogP contribution in [0.2, 0.25) is 0 Å². The van der Waals surface area contributed by atoms with Crippen LogP contribution in [0.5, 0.6) is 0 Å². The van der Waals surface area contributed by atoms with Gasteiger partial charge in [-0.15, -0.1) is 0 Å². The van der Waals surface area contributed by atoms with Gasteiger partial charge in [-0.25, -0.2) is 0 Å². The lowest BCUT2D eigenvalue weighted by Gasteiger charge is -2.53. The standard InChI is InChI=1S/C60H84O16/c1-7-8-13-34-14-11-17-41-56(65-34)53(63)57-49(69-41)26-43-40(72-57)21-20-38-39(67-43)19-18-37-35(66-38)15-9-10-16-36-45(68-37)28-50(61)59(6)51(71-36)29-46-47(75-59)25-30(2)24-42-44(70-46)27-48-54(73-42)32(4)52(62)58-55(74-48)31(3)33(5)60(76-58)22-12-23-64-60/h7-11,13-14,18-21,30-58,61-63H,1,12,15-17,22-29H2,2-6H3/b10-9-,13-8+/t30-,31+,32+,33+,34+,35-,36+,37+,38+,39-,40-,41+,42+,43+,44-,45-,46+,47-,48+,49-,50+,51-,52+,53-,54-,55-,56+,57-,58+,59+,60-/m1/s1. The van der Waals surface area contributed by atoms with E-state index in [0.29, 0.717) is 51.6 Å². The van der Waals surface area contributed by atoms with E-state index in [9.17, 15) is 15.3 Å². The monoisotopic (exact) mass is 1060 g/mol. The summed E-state index contributed by atoms with van der Waals surface area (Å²) >= 11 is 0. The van der Waals surface area contributed by atoms with Crippen molar-refractivity contribution in [2.75, 3.05) is 6.61 Å². The number of allylic oxidation sites excluding steroid dienone is 2. The van der Waals surface area contributed by atoms with E-state index in [1.54, 1.807) is 6.08 Å². The van der Waals surface area contributed by atoms with Crippen molar-refractivity contribution in [2.45, 2.75) is 269 Å². The van der Waals surface area contributed by atoms with Crippen molar-refractivity contribution in [3.63, 3.8) is 0 Å². The average molecular weight is 1060 g/mol. The molecule has 13 aliphatic heterocycles. The first-order chi connectivity index (χ1) is 36.8. The maximum Gasteiger partial charge on any atom is 0.171 e. The van der Waals surface area contributed by atoms with Crippen LogP contribution in [-0.2, 0) is 61.6 Å². The van der Waals surface area contributed by atoms with Crippen LogP contribution < -0.4 is 0 Å². The summed E-state index contributed by atoms with van der Waals surface area (Å²) < 4.78 is 89.5. The second-order valence-corrected chi connectivity index (χ2v) is 25.1. The number of hydrogen-bond acceptors (Lipinski definition) is 16. The minimum atomic E-state index is -1.01. The minimum Gasteiger partial charge on any atom is -0.390 e. The molecule has 0 unspecified atom stereocenters. The Kier molecular flexibility index (Phi) is 14.9. The molecule has 9 fully saturated rings. The second kappa shape index (κ2) is 21.3. The van der Waals surface area contributed by atoms with Gasteiger partial charge in [0.2, 0.25) is 0 Å². The van der Waals surface area contributed by atoms with Crippen molar-refractivity contribution in [1.29, 1.82) is 0 Å². The minimum absolute atomic E-state index is 0.0983. The lowest BCUT2D eigenvalue weighted by atomic mass is 9.76. The van der Waals surface area contributed by atoms with E-state index < -0.39 is 84.6 Å². The molecule has 0 saturated carbocycles. The fraction of sp³-hybridized carbons (Fsp3) is 0.800. The van der Waals surface area contributed by atoms with Gasteiger partial charge in [-0.05, 0) is 57.3 Å². The van der Waals surface area contributed by atoms with Crippen LogP contribution in [0.25, 0.3) is 0 Å². The van der Waals surface area contributed by atoms with Crippen molar-refractivity contribution < 1.29 is 76.9 Å². The molecule has 16 nitrogen and oxygen atoms in total. The molecule has 13 aliphatic rings. The van der Waals surface area contributed by atoms with Crippen LogP contribution >= 0.6 is 0 Å². The Bertz CT molecular complexity index is 2230. The van der Waals surface area contributed by atoms with Gasteiger partial charge in [0, 0.05) is 43.9 Å². The molecule has 1 spiro atoms. The van der Waals surface area contributed by atoms with Gasteiger partial charge in [0.05, 0.1) is 110 Å². The molecule has 0 aliphatic carbocycles. The molecule has 0 aromatic rings. The van der Waals surface area contributed by atoms with Gasteiger partial charge in [0.15, 0.2) is 5.79 Å². The Morgan fingerprint density at radius 2 is 1.13 bits per heavy atom. The fourth-order valence-electron chi connectivity index (χ4n) is 15.8. The van der Waals surface area contributed by atoms with Crippen molar-refractivity contribution in [2.24, 2.45) is 23.7 Å². The van der Waals surface area contributed by atoms with Crippen LogP contribution in [0, 0.1) is 23.7 Å². The fourth-order valence-corrected chi connectivity index (χ4v) is 15.8. The van der Waals surface area contributed by atoms with Crippen molar-refractivity contribution in [3.05, 3.63) is 73.4 Å². The second-order valence-electron chi connectivity index (χ2n) is 25.1. The topological polar surface area (TPSA) is 181 Å². The maximum atomic E-state index is 12.4. The normalized spacial score (nSPS) is 57.1. The summed E-state index contributed by atoms with van der Waals surface area (Å²) in [7, 11) is 0. The molecular formula is C60H84O16. The predicted molar refractivity (Wildman–Crippen MR) is 275 cm³/mol. The number of hydrogen-bond donors (Lipinski definition) is 3. The third-order valence-electron chi connectivity index (χ3n) is 20.3. The zero-order chi connectivity index (χ0) is 52.2. The molecule has 0 aromatic carbocycles. The number of fused-ring (bicyclic) bond motifs is 11. The first kappa shape index (κ1) is 53.1. The van der Waals surface area contributed by atoms with Crippen LogP contribution in [0.15, 0.2) is 73.4 Å². The largest absolute Gasteiger partial charge is 0.390 e. The van der Waals surface area contributed by atoms with Gasteiger partial charge in [0.25, 0.3) is 0 Å². The van der Waals surface area contributed by atoms with Gasteiger partial charge >= 0.3 is 0 Å². The summed E-state index contributed by atoms with van der Waals surface area (Å²) in [5.41, 5.74) is -1.01. The molecule has 13 heterocycles. The van der Waals surface area contributed by atoms with Gasteiger partial charge in [-0.2, -0.15) is 0 Å². The summed E-state index contributed by atoms with van der Waals surface area (Å²) in [6.45, 7) is 15.2. The Morgan fingerprint density at radius 1 is 0.500 bits per heavy atom. The highest BCUT2D eigenvalue weighted by Gasteiger charge is 2.62. The van der Waals surface area contributed by atoms with Gasteiger partial charge in [-0.3, -0.25) is 0 Å². The molecule has 0 aromatic heterocycles. The van der Waals surface area contributed by atoms with Crippen LogP contribution in [0.3, 0.4) is 0 Å². The third-order valence-corrected chi connectivity index (χ3v) is 20.3. The molecule has 3 N–H and O–H groups in total. The highest BCUT2D eigenvalue weighted by Crippen LogP contribution is 2.52. The Balaban J connectivity index is 0.686. The molecule has 0 bridgehead atoms. The first-order valence-electron chi connectivity index (χ1n) is 29.3. The van der Waals surface area contributed by atoms with Crippen LogP contribution in [0.4, 0.5) is 0 Å². The van der Waals surface area contributed by atoms with Gasteiger partial charge < -0.3 is 76.9 Å². The van der Waals surface area contributed by atoms with E-state index in [2.05, 4.69) is 64.7 Å². The summed E-state index contributed by atoms with van der Waals surface area (Å²) in [5.74, 6) is -0.482. The van der Waals surface area contributed by atoms with Crippen molar-refractivity contribution in [1.82, 2.24) is 0 Å². The van der Waals surface area contributed by atoms with E-state index in [4.69, 9.17) is 61.6 Å². The number of ether oxygens (including phenoxy) is 13. The summed E-state index contributed by atoms with van der Waals surface area (Å²) in [6.07, 6.45) is 18.3. The van der Waals surface area contributed by atoms with Gasteiger partial charge in [-0.1, -0.05) is 101 Å². The maximum absolute atomic E-state index is 12.4. The number of aliphatic hydroxyl groups is 3. The molecule has 9 saturated heterocycles. The smallest absolute Gasteiger partial charge is 0.171 e. The number of rotatable bonds is 2. The molecule has 0 radical (unpaired) electrons. The van der Waals surface area contributed by atoms with Crippen LogP contribution in [0.1, 0.15) is 105 Å². The van der Waals surface area contributed by atoms with E-state index in [1.807, 2.05) is 37.3 Å². The van der Waals surface area contributed by atoms with E-state index >= 15 is 0 Å². The SMILES string of the molecule is C=C/C=C/[C@H]1C=CC[C@@H]2O[C@@H]3C[C@@H]4O[C@@H]5C=C[C@@H]6O[C@@H]7C[C@H](O)[C@]8(C)O[C@@H]9C[C@H](C)C[C@@H]%10O[C@@H]%11[C@@H](C)[C@H](O)[C@@H]%12O[C@]%13(CCCO%13)[C@@H](C)[C@H](C)[C@H]%12O[C@H]%11C[C@H]%10O[C@H]9C[C@H]8O[C@H]7C/C=C\C[C@H]6O[C@H]5C=C[C@H]4O[C@H]3[C@H](O)[C@H]2O1. The highest BCUT2D eigenvalue weighted by atomic mass is 16.7. The molecule has 0 amide bonds. The molecular weight excluding hydrogens is 977 g/mol. The average Bonchev–Trinajstić information content (AvgIpc) is 3.62. The summed E-state index contributed by atoms with van der Waals surface area (Å²) in [6, 6.07) is 0. The van der Waals surface area contributed by atoms with Crippen molar-refractivity contribution >= 4 is 0 Å². The number of aliphatic hydroxyl groups excluding tert-OH is 3. The van der Waals surface area contributed by atoms with E-state index in [-0.39, 0.29) is 103 Å². The first-order valence-corrected chi connectivity index (χ1v) is 29.3. The highest BCUT2D eigenvalue weighted by molar-refractivity contribution is 5.18. The van der Waals surface area contributed by atoms with Crippen molar-refractivity contribution in [3.8, 4) is 0 Å². The molecule has 13 rings (SSSR count). The molecule has 16 heteroatoms. The Labute approximate surface area is 448 Å². The molecule has 76 heavy (non-hydrogen) atoms. The third kappa shape index (κ3) is 9.58. The zero-order valence-electron chi connectivity index (χ0n) is 44.9. The van der Waals surface area contributed by atoms with Gasteiger partial charge in [0.1, 0.15) is 54.4 Å². The zero-order valence-corrected chi connectivity index (χ0v) is 44.9. The van der Waals surface area contributed by atoms with E-state index in [0.717, 1.165) is 25.7 Å². The van der Waals surface area contributed by atoms with E-state index in [1.165, 1.54) is 0 Å². The predicted octanol–water partition coefficient (Wildman–Crippen LogP) is 5.83. The lowest BCUT2D eigenvalue weighted by Crippen LogP contribution is -2.63. The summed E-state index contributed by atoms with van der Waals surface area (Å²) in [5, 5.41) is 36.2. The summed E-state index contributed by atoms with van der Waals surface area (Å²) in [4.78, 5) is 0. The van der Waals surface area contributed by atoms with Crippen LogP contribution in [-0.4, -0.2) is 186 Å². The Morgan fingerprint density at radius 3 is 1.92 bits per heavy atom. The molecule has 31 atom stereocenters. The quantitative estimate of drug-likeness (QED) is 0.222. The Hall–Kier alpha value is -2.20.